The summed E-state index contributed by atoms with van der Waals surface area (Å²) in [6, 6.07) is 3.85. The summed E-state index contributed by atoms with van der Waals surface area (Å²) in [5, 5.41) is 11.6. The topological polar surface area (TPSA) is 93.1 Å². The standard InChI is InChI=1S/C18H22N4O3S/c23-15(16-6-3-9-26-16)7-8-17(24)21-14-10-19-22(11-14)12-18(25)20-13-4-1-2-5-13/h3,6,9-11,13H,1-2,4-5,7-8,12H2,(H,20,25)(H,21,24). The maximum absolute atomic E-state index is 12.0. The van der Waals surface area contributed by atoms with Gasteiger partial charge in [-0.05, 0) is 24.3 Å². The molecule has 2 heterocycles. The zero-order valence-electron chi connectivity index (χ0n) is 14.4. The molecule has 26 heavy (non-hydrogen) atoms. The van der Waals surface area contributed by atoms with Crippen molar-refractivity contribution in [1.29, 1.82) is 0 Å². The Bertz CT molecular complexity index is 763. The maximum atomic E-state index is 12.0. The molecule has 8 heteroatoms. The number of thiophene rings is 1. The molecule has 0 spiro atoms. The van der Waals surface area contributed by atoms with Crippen LogP contribution in [0.15, 0.2) is 29.9 Å². The Labute approximate surface area is 155 Å². The SMILES string of the molecule is O=C(CCC(=O)c1cccs1)Nc1cnn(CC(=O)NC2CCCC2)c1. The second kappa shape index (κ2) is 8.75. The second-order valence-electron chi connectivity index (χ2n) is 6.42. The van der Waals surface area contributed by atoms with Crippen molar-refractivity contribution < 1.29 is 14.4 Å². The molecule has 0 aliphatic heterocycles. The molecule has 0 radical (unpaired) electrons. The van der Waals surface area contributed by atoms with Gasteiger partial charge in [0.1, 0.15) is 6.54 Å². The largest absolute Gasteiger partial charge is 0.352 e. The summed E-state index contributed by atoms with van der Waals surface area (Å²) in [5.41, 5.74) is 0.521. The molecule has 0 atom stereocenters. The van der Waals surface area contributed by atoms with Gasteiger partial charge in [-0.3, -0.25) is 19.1 Å². The van der Waals surface area contributed by atoms with Gasteiger partial charge in [0.2, 0.25) is 11.8 Å². The average Bonchev–Trinajstić information content (AvgIpc) is 3.35. The van der Waals surface area contributed by atoms with Crippen LogP contribution in [0.1, 0.15) is 48.2 Å². The van der Waals surface area contributed by atoms with Crippen LogP contribution in [0.25, 0.3) is 0 Å². The number of anilines is 1. The van der Waals surface area contributed by atoms with Crippen molar-refractivity contribution in [2.75, 3.05) is 5.32 Å². The first kappa shape index (κ1) is 18.3. The summed E-state index contributed by atoms with van der Waals surface area (Å²) >= 11 is 1.37. The van der Waals surface area contributed by atoms with Gasteiger partial charge in [-0.15, -0.1) is 11.3 Å². The minimum Gasteiger partial charge on any atom is -0.352 e. The summed E-state index contributed by atoms with van der Waals surface area (Å²) in [6.07, 6.45) is 7.81. The van der Waals surface area contributed by atoms with Gasteiger partial charge in [-0.25, -0.2) is 0 Å². The Morgan fingerprint density at radius 2 is 2.00 bits per heavy atom. The number of nitrogens with zero attached hydrogens (tertiary/aromatic N) is 2. The molecule has 138 valence electrons. The predicted octanol–water partition coefficient (Wildman–Crippen LogP) is 2.61. The minimum absolute atomic E-state index is 0.0329. The average molecular weight is 374 g/mol. The van der Waals surface area contributed by atoms with Crippen LogP contribution in [0.4, 0.5) is 5.69 Å². The first-order valence-corrected chi connectivity index (χ1v) is 9.66. The molecule has 0 aromatic carbocycles. The molecule has 1 saturated carbocycles. The number of aromatic nitrogens is 2. The van der Waals surface area contributed by atoms with Gasteiger partial charge >= 0.3 is 0 Å². The van der Waals surface area contributed by atoms with Crippen molar-refractivity contribution >= 4 is 34.6 Å². The monoisotopic (exact) mass is 374 g/mol. The second-order valence-corrected chi connectivity index (χ2v) is 7.37. The fourth-order valence-electron chi connectivity index (χ4n) is 3.02. The summed E-state index contributed by atoms with van der Waals surface area (Å²) in [7, 11) is 0. The third-order valence-electron chi connectivity index (χ3n) is 4.32. The molecule has 2 amide bonds. The lowest BCUT2D eigenvalue weighted by atomic mass is 10.2. The highest BCUT2D eigenvalue weighted by atomic mass is 32.1. The van der Waals surface area contributed by atoms with Gasteiger partial charge in [-0.1, -0.05) is 18.9 Å². The first-order chi connectivity index (χ1) is 12.6. The van der Waals surface area contributed by atoms with Crippen LogP contribution in [-0.4, -0.2) is 33.4 Å². The van der Waals surface area contributed by atoms with E-state index in [1.54, 1.807) is 12.3 Å². The highest BCUT2D eigenvalue weighted by Gasteiger charge is 2.17. The Hall–Kier alpha value is -2.48. The van der Waals surface area contributed by atoms with E-state index < -0.39 is 0 Å². The van der Waals surface area contributed by atoms with E-state index >= 15 is 0 Å². The first-order valence-electron chi connectivity index (χ1n) is 8.78. The van der Waals surface area contributed by atoms with Gasteiger partial charge in [0, 0.05) is 25.1 Å². The minimum atomic E-state index is -0.245. The summed E-state index contributed by atoms with van der Waals surface area (Å²) in [5.74, 6) is -0.348. The molecule has 1 fully saturated rings. The van der Waals surface area contributed by atoms with E-state index in [0.29, 0.717) is 10.6 Å². The van der Waals surface area contributed by atoms with Gasteiger partial charge in [0.05, 0.1) is 16.8 Å². The van der Waals surface area contributed by atoms with E-state index in [-0.39, 0.29) is 43.0 Å². The van der Waals surface area contributed by atoms with Crippen LogP contribution in [-0.2, 0) is 16.1 Å². The molecule has 2 aromatic rings. The van der Waals surface area contributed by atoms with Crippen molar-refractivity contribution in [2.45, 2.75) is 51.1 Å². The fourth-order valence-corrected chi connectivity index (χ4v) is 3.71. The number of hydrogen-bond donors (Lipinski definition) is 2. The number of Topliss-reactive ketones (excluding diaryl/α,β-unsaturated/α-hetero) is 1. The lowest BCUT2D eigenvalue weighted by molar-refractivity contribution is -0.122. The number of rotatable bonds is 8. The van der Waals surface area contributed by atoms with Crippen LogP contribution in [0.3, 0.4) is 0 Å². The number of amides is 2. The van der Waals surface area contributed by atoms with E-state index in [0.717, 1.165) is 25.7 Å². The highest BCUT2D eigenvalue weighted by molar-refractivity contribution is 7.12. The number of ketones is 1. The fraction of sp³-hybridized carbons (Fsp3) is 0.444. The van der Waals surface area contributed by atoms with Crippen molar-refractivity contribution in [2.24, 2.45) is 0 Å². The Kier molecular flexibility index (Phi) is 6.17. The number of nitrogens with one attached hydrogen (secondary N) is 2. The molecule has 1 aliphatic rings. The van der Waals surface area contributed by atoms with Gasteiger partial charge in [0.15, 0.2) is 5.78 Å². The van der Waals surface area contributed by atoms with Gasteiger partial charge in [-0.2, -0.15) is 5.10 Å². The molecule has 0 saturated heterocycles. The quantitative estimate of drug-likeness (QED) is 0.695. The third-order valence-corrected chi connectivity index (χ3v) is 5.23. The van der Waals surface area contributed by atoms with Crippen molar-refractivity contribution in [3.63, 3.8) is 0 Å². The smallest absolute Gasteiger partial charge is 0.241 e. The van der Waals surface area contributed by atoms with E-state index in [9.17, 15) is 14.4 Å². The van der Waals surface area contributed by atoms with Crippen molar-refractivity contribution in [1.82, 2.24) is 15.1 Å². The molecule has 3 rings (SSSR count). The summed E-state index contributed by atoms with van der Waals surface area (Å²) in [4.78, 5) is 36.5. The summed E-state index contributed by atoms with van der Waals surface area (Å²) in [6.45, 7) is 0.128. The lowest BCUT2D eigenvalue weighted by Crippen LogP contribution is -2.35. The van der Waals surface area contributed by atoms with E-state index in [1.807, 2.05) is 11.4 Å². The highest BCUT2D eigenvalue weighted by Crippen LogP contribution is 2.17. The van der Waals surface area contributed by atoms with Crippen molar-refractivity contribution in [3.05, 3.63) is 34.8 Å². The molecule has 0 unspecified atom stereocenters. The molecular formula is C18H22N4O3S. The van der Waals surface area contributed by atoms with Gasteiger partial charge in [0.25, 0.3) is 0 Å². The normalized spacial score (nSPS) is 14.3. The van der Waals surface area contributed by atoms with Crippen LogP contribution < -0.4 is 10.6 Å². The third kappa shape index (κ3) is 5.26. The van der Waals surface area contributed by atoms with Gasteiger partial charge < -0.3 is 10.6 Å². The Balaban J connectivity index is 1.41. The number of carbonyl (C=O) groups excluding carboxylic acids is 3. The Morgan fingerprint density at radius 3 is 2.73 bits per heavy atom. The maximum Gasteiger partial charge on any atom is 0.241 e. The van der Waals surface area contributed by atoms with E-state index in [1.165, 1.54) is 22.2 Å². The molecule has 1 aliphatic carbocycles. The number of carbonyl (C=O) groups is 3. The van der Waals surface area contributed by atoms with Crippen molar-refractivity contribution in [3.8, 4) is 0 Å². The molecule has 2 N–H and O–H groups in total. The van der Waals surface area contributed by atoms with E-state index in [2.05, 4.69) is 15.7 Å². The van der Waals surface area contributed by atoms with Crippen LogP contribution in [0, 0.1) is 0 Å². The molecule has 7 nitrogen and oxygen atoms in total. The van der Waals surface area contributed by atoms with E-state index in [4.69, 9.17) is 0 Å². The predicted molar refractivity (Wildman–Crippen MR) is 99.1 cm³/mol. The van der Waals surface area contributed by atoms with Crippen LogP contribution >= 0.6 is 11.3 Å². The Morgan fingerprint density at radius 1 is 1.19 bits per heavy atom. The lowest BCUT2D eigenvalue weighted by Gasteiger charge is -2.11. The molecule has 0 bridgehead atoms. The number of hydrogen-bond acceptors (Lipinski definition) is 5. The van der Waals surface area contributed by atoms with Crippen LogP contribution in [0.5, 0.6) is 0 Å². The molecule has 2 aromatic heterocycles. The summed E-state index contributed by atoms with van der Waals surface area (Å²) < 4.78 is 1.50. The zero-order valence-corrected chi connectivity index (χ0v) is 15.3. The van der Waals surface area contributed by atoms with Crippen LogP contribution in [0.2, 0.25) is 0 Å². The zero-order chi connectivity index (χ0) is 18.4. The molecular weight excluding hydrogens is 352 g/mol.